The Morgan fingerprint density at radius 2 is 1.29 bits per heavy atom. The van der Waals surface area contributed by atoms with Gasteiger partial charge in [0.15, 0.2) is 23.0 Å². The molecule has 0 aliphatic heterocycles. The summed E-state index contributed by atoms with van der Waals surface area (Å²) in [6.45, 7) is 4.38. The molecule has 0 radical (unpaired) electrons. The molecule has 0 spiro atoms. The summed E-state index contributed by atoms with van der Waals surface area (Å²) in [6, 6.07) is 27.1. The van der Waals surface area contributed by atoms with E-state index in [1.807, 2.05) is 60.7 Å². The fourth-order valence-electron chi connectivity index (χ4n) is 6.16. The third-order valence-electron chi connectivity index (χ3n) is 8.33. The van der Waals surface area contributed by atoms with Gasteiger partial charge in [-0.15, -0.1) is 11.3 Å². The molecule has 0 saturated carbocycles. The summed E-state index contributed by atoms with van der Waals surface area (Å²) < 4.78 is 0.423. The summed E-state index contributed by atoms with van der Waals surface area (Å²) >= 11 is 0.991. The summed E-state index contributed by atoms with van der Waals surface area (Å²) in [4.78, 5) is 0. The van der Waals surface area contributed by atoms with Crippen molar-refractivity contribution < 1.29 is 35.7 Å². The predicted molar refractivity (Wildman–Crippen MR) is 193 cm³/mol. The molecule has 8 heteroatoms. The van der Waals surface area contributed by atoms with Crippen LogP contribution in [-0.4, -0.2) is 42.9 Å². The first-order valence-corrected chi connectivity index (χ1v) is 15.8. The number of hydrogen-bond donors (Lipinski definition) is 7. The summed E-state index contributed by atoms with van der Waals surface area (Å²) in [5, 5.41) is 71.7. The number of aromatic hydroxyl groups is 6. The number of allylic oxidation sites excluding steroid dienone is 5. The summed E-state index contributed by atoms with van der Waals surface area (Å²) in [7, 11) is 1.00. The maximum atomic E-state index is 11.3. The number of hydrogen-bond acceptors (Lipinski definition) is 8. The van der Waals surface area contributed by atoms with E-state index in [9.17, 15) is 30.6 Å². The summed E-state index contributed by atoms with van der Waals surface area (Å²) in [5.74, 6) is -3.59. The van der Waals surface area contributed by atoms with E-state index in [0.717, 1.165) is 57.9 Å². The Kier molecular flexibility index (Phi) is 8.69. The highest BCUT2D eigenvalue weighted by Crippen LogP contribution is 2.57. The standard InChI is InChI=1S/C39H28O6S.CH4O/c1-21(30-35(43)37(45)36(44)33-32-34(42)28(40)20-29(41)38(32)46-39(30)33)26-17-8-9-18-27(26)31(23-13-6-3-7-14-23)25-16-10-15-24(19-25)22-11-4-2-5-12-22;1-2/h2-13,15-20,40-45H,1,14H2;2H,1H3/b31-23-;. The van der Waals surface area contributed by atoms with Crippen LogP contribution in [0.2, 0.25) is 0 Å². The molecule has 1 aliphatic rings. The first-order valence-electron chi connectivity index (χ1n) is 15.0. The molecule has 7 N–H and O–H groups in total. The van der Waals surface area contributed by atoms with Gasteiger partial charge in [-0.3, -0.25) is 0 Å². The molecule has 7 nitrogen and oxygen atoms in total. The minimum atomic E-state index is -0.808. The number of rotatable bonds is 5. The molecule has 0 bridgehead atoms. The van der Waals surface area contributed by atoms with Gasteiger partial charge in [0.2, 0.25) is 5.75 Å². The number of aliphatic hydroxyl groups is 1. The van der Waals surface area contributed by atoms with Gasteiger partial charge in [0.1, 0.15) is 5.75 Å². The van der Waals surface area contributed by atoms with Crippen LogP contribution in [0, 0.1) is 0 Å². The smallest absolute Gasteiger partial charge is 0.201 e. The van der Waals surface area contributed by atoms with Crippen molar-refractivity contribution in [2.45, 2.75) is 6.42 Å². The van der Waals surface area contributed by atoms with E-state index in [0.29, 0.717) is 17.6 Å². The number of fused-ring (bicyclic) bond motifs is 3. The van der Waals surface area contributed by atoms with Crippen LogP contribution in [-0.2, 0) is 0 Å². The molecule has 1 aromatic heterocycles. The normalized spacial score (nSPS) is 13.4. The molecule has 1 aliphatic carbocycles. The molecule has 0 saturated heterocycles. The second-order valence-electron chi connectivity index (χ2n) is 11.1. The van der Waals surface area contributed by atoms with E-state index in [1.54, 1.807) is 0 Å². The Labute approximate surface area is 280 Å². The van der Waals surface area contributed by atoms with E-state index in [-0.39, 0.29) is 31.5 Å². The Hall–Kier alpha value is -5.96. The maximum Gasteiger partial charge on any atom is 0.201 e. The largest absolute Gasteiger partial charge is 0.506 e. The number of thiophene rings is 1. The molecule has 7 rings (SSSR count). The number of phenols is 6. The maximum absolute atomic E-state index is 11.3. The van der Waals surface area contributed by atoms with Crippen molar-refractivity contribution in [1.82, 2.24) is 0 Å². The zero-order valence-corrected chi connectivity index (χ0v) is 26.7. The summed E-state index contributed by atoms with van der Waals surface area (Å²) in [6.07, 6.45) is 8.86. The molecule has 240 valence electrons. The fourth-order valence-corrected chi connectivity index (χ4v) is 7.45. The van der Waals surface area contributed by atoms with Gasteiger partial charge in [0.25, 0.3) is 0 Å². The van der Waals surface area contributed by atoms with E-state index in [4.69, 9.17) is 5.11 Å². The molecule has 0 fully saturated rings. The third kappa shape index (κ3) is 5.33. The van der Waals surface area contributed by atoms with E-state index < -0.39 is 28.7 Å². The zero-order chi connectivity index (χ0) is 34.1. The lowest BCUT2D eigenvalue weighted by Crippen LogP contribution is -2.00. The van der Waals surface area contributed by atoms with Crippen molar-refractivity contribution in [2.24, 2.45) is 0 Å². The minimum Gasteiger partial charge on any atom is -0.506 e. The zero-order valence-electron chi connectivity index (χ0n) is 25.8. The van der Waals surface area contributed by atoms with Gasteiger partial charge in [-0.2, -0.15) is 0 Å². The van der Waals surface area contributed by atoms with Crippen LogP contribution >= 0.6 is 11.3 Å². The van der Waals surface area contributed by atoms with Crippen molar-refractivity contribution in [3.8, 4) is 45.6 Å². The molecule has 1 heterocycles. The van der Waals surface area contributed by atoms with Crippen molar-refractivity contribution >= 4 is 42.7 Å². The lowest BCUT2D eigenvalue weighted by Gasteiger charge is -2.21. The molecule has 6 aromatic rings. The second-order valence-corrected chi connectivity index (χ2v) is 12.1. The molecular formula is C40H32O7S. The Balaban J connectivity index is 0.00000197. The van der Waals surface area contributed by atoms with Crippen LogP contribution in [0.3, 0.4) is 0 Å². The van der Waals surface area contributed by atoms with Crippen molar-refractivity contribution in [2.75, 3.05) is 7.11 Å². The monoisotopic (exact) mass is 656 g/mol. The van der Waals surface area contributed by atoms with Crippen molar-refractivity contribution in [3.63, 3.8) is 0 Å². The van der Waals surface area contributed by atoms with E-state index in [2.05, 4.69) is 49.1 Å². The number of aliphatic hydroxyl groups excluding tert-OH is 1. The van der Waals surface area contributed by atoms with Crippen molar-refractivity contribution in [3.05, 3.63) is 144 Å². The molecule has 0 atom stereocenters. The van der Waals surface area contributed by atoms with Gasteiger partial charge in [-0.1, -0.05) is 104 Å². The van der Waals surface area contributed by atoms with Gasteiger partial charge in [-0.25, -0.2) is 0 Å². The molecule has 48 heavy (non-hydrogen) atoms. The fraction of sp³-hybridized carbons (Fsp3) is 0.0500. The number of benzene rings is 5. The lowest BCUT2D eigenvalue weighted by molar-refractivity contribution is 0.371. The van der Waals surface area contributed by atoms with Crippen LogP contribution in [0.15, 0.2) is 121 Å². The van der Waals surface area contributed by atoms with Gasteiger partial charge in [0, 0.05) is 18.7 Å². The van der Waals surface area contributed by atoms with Crippen LogP contribution < -0.4 is 0 Å². The van der Waals surface area contributed by atoms with Gasteiger partial charge < -0.3 is 35.7 Å². The van der Waals surface area contributed by atoms with Crippen LogP contribution in [0.1, 0.15) is 28.7 Å². The van der Waals surface area contributed by atoms with E-state index >= 15 is 0 Å². The quantitative estimate of drug-likeness (QED) is 0.0726. The predicted octanol–water partition coefficient (Wildman–Crippen LogP) is 8.94. The molecule has 0 unspecified atom stereocenters. The topological polar surface area (TPSA) is 142 Å². The molecular weight excluding hydrogens is 625 g/mol. The first-order chi connectivity index (χ1) is 23.3. The van der Waals surface area contributed by atoms with Gasteiger partial charge >= 0.3 is 0 Å². The Bertz CT molecular complexity index is 2310. The van der Waals surface area contributed by atoms with Crippen LogP contribution in [0.4, 0.5) is 0 Å². The summed E-state index contributed by atoms with van der Waals surface area (Å²) in [5.41, 5.74) is 7.11. The second kappa shape index (κ2) is 13.0. The van der Waals surface area contributed by atoms with Gasteiger partial charge in [-0.05, 0) is 57.0 Å². The average molecular weight is 657 g/mol. The molecule has 0 amide bonds. The number of phenolic OH excluding ortho intramolecular Hbond substituents is 6. The Morgan fingerprint density at radius 3 is 2.00 bits per heavy atom. The lowest BCUT2D eigenvalue weighted by atomic mass is 9.83. The highest BCUT2D eigenvalue weighted by atomic mass is 32.1. The third-order valence-corrected chi connectivity index (χ3v) is 9.56. The highest BCUT2D eigenvalue weighted by Gasteiger charge is 2.29. The van der Waals surface area contributed by atoms with Crippen LogP contribution in [0.5, 0.6) is 34.5 Å². The average Bonchev–Trinajstić information content (AvgIpc) is 3.53. The minimum absolute atomic E-state index is 0.0258. The Morgan fingerprint density at radius 1 is 0.625 bits per heavy atom. The SMILES string of the molecule is C=C(c1ccccc1/C(=C1/C=CC=CC1)c1cccc(-c2ccccc2)c1)c1c(O)c(O)c(O)c2c1sc1c(O)cc(O)c(O)c12.CO. The first kappa shape index (κ1) is 32.0. The van der Waals surface area contributed by atoms with Crippen LogP contribution in [0.25, 0.3) is 42.4 Å². The van der Waals surface area contributed by atoms with Crippen molar-refractivity contribution in [1.29, 1.82) is 0 Å². The van der Waals surface area contributed by atoms with E-state index in [1.165, 1.54) is 0 Å². The highest BCUT2D eigenvalue weighted by molar-refractivity contribution is 7.26. The molecule has 5 aromatic carbocycles. The van der Waals surface area contributed by atoms with Gasteiger partial charge in [0.05, 0.1) is 20.2 Å².